The number of ether oxygens (including phenoxy) is 4. The van der Waals surface area contributed by atoms with Crippen molar-refractivity contribution in [1.82, 2.24) is 0 Å². The second-order valence-electron chi connectivity index (χ2n) is 17.8. The van der Waals surface area contributed by atoms with Crippen LogP contribution in [0, 0.1) is 29.8 Å². The lowest BCUT2D eigenvalue weighted by atomic mass is 9.82. The van der Waals surface area contributed by atoms with Crippen molar-refractivity contribution in [3.63, 3.8) is 0 Å². The van der Waals surface area contributed by atoms with Gasteiger partial charge in [-0.1, -0.05) is 92.8 Å². The van der Waals surface area contributed by atoms with Gasteiger partial charge in [-0.15, -0.1) is 0 Å². The molecule has 0 saturated carbocycles. The Morgan fingerprint density at radius 2 is 1.27 bits per heavy atom. The molecule has 0 unspecified atom stereocenters. The van der Waals surface area contributed by atoms with Gasteiger partial charge in [0, 0.05) is 37.5 Å². The van der Waals surface area contributed by atoms with E-state index in [0.29, 0.717) is 0 Å². The molecule has 13 N–H and O–H groups in total. The van der Waals surface area contributed by atoms with Crippen molar-refractivity contribution < 1.29 is 84.7 Å². The van der Waals surface area contributed by atoms with E-state index >= 15 is 0 Å². The number of hydrogen-bond donors (Lipinski definition) is 12. The zero-order valence-corrected chi connectivity index (χ0v) is 38.6. The number of cyclic esters (lactones) is 1. The van der Waals surface area contributed by atoms with Crippen LogP contribution in [0.2, 0.25) is 0 Å². The molecule has 0 aromatic carbocycles. The average Bonchev–Trinajstić information content (AvgIpc) is 3.24. The lowest BCUT2D eigenvalue weighted by Gasteiger charge is -2.44. The van der Waals surface area contributed by atoms with Crippen molar-refractivity contribution in [3.8, 4) is 12.0 Å². The van der Waals surface area contributed by atoms with Crippen molar-refractivity contribution in [2.45, 2.75) is 176 Å². The summed E-state index contributed by atoms with van der Waals surface area (Å²) in [4.78, 5) is 25.1. The van der Waals surface area contributed by atoms with Gasteiger partial charge in [0.15, 0.2) is 5.79 Å². The fourth-order valence-electron chi connectivity index (χ4n) is 8.00. The SMILES string of the molecule is C[C@@H]1[C@H](O)[C@@H](C)/C=C/C=C/C=C/C=C/C=C/C=C/C=C/[C@H](OC#C[C@@H]2O[C@H](C)[C@@H](O)[C@H](N)[C@H]2O)C[C@@H]2O[C@](O)(C[C@@H](O)C[C@@H](O)[C@H](O)CC[C@@H](O)C[C@@H](O)CC(=O)O[C@H]1C)C[C@H](O)[C@H]2C(=O)O. The van der Waals surface area contributed by atoms with Crippen LogP contribution in [0.4, 0.5) is 0 Å². The van der Waals surface area contributed by atoms with Gasteiger partial charge in [-0.25, -0.2) is 0 Å². The highest BCUT2D eigenvalue weighted by Gasteiger charge is 2.50. The van der Waals surface area contributed by atoms with Crippen LogP contribution >= 0.6 is 0 Å². The molecule has 0 spiro atoms. The molecule has 376 valence electrons. The van der Waals surface area contributed by atoms with E-state index in [2.05, 4.69) is 12.0 Å². The van der Waals surface area contributed by atoms with Crippen LogP contribution in [-0.2, 0) is 28.5 Å². The third kappa shape index (κ3) is 19.5. The van der Waals surface area contributed by atoms with Crippen molar-refractivity contribution in [3.05, 3.63) is 85.1 Å². The first kappa shape index (κ1) is 57.3. The molecule has 3 heterocycles. The maximum atomic E-state index is 12.6. The lowest BCUT2D eigenvalue weighted by molar-refractivity contribution is -0.300. The molecular weight excluding hydrogens is 875 g/mol. The van der Waals surface area contributed by atoms with Gasteiger partial charge in [0.05, 0.1) is 73.5 Å². The zero-order valence-electron chi connectivity index (χ0n) is 38.6. The third-order valence-electron chi connectivity index (χ3n) is 12.2. The molecule has 18 nitrogen and oxygen atoms in total. The number of aliphatic hydroxyl groups excluding tert-OH is 9. The smallest absolute Gasteiger partial charge is 0.311 e. The van der Waals surface area contributed by atoms with Crippen LogP contribution in [-0.4, -0.2) is 165 Å². The normalized spacial score (nSPS) is 44.2. The van der Waals surface area contributed by atoms with Crippen molar-refractivity contribution in [2.24, 2.45) is 23.5 Å². The molecule has 18 heteroatoms. The highest BCUT2D eigenvalue weighted by Crippen LogP contribution is 2.37. The van der Waals surface area contributed by atoms with Gasteiger partial charge >= 0.3 is 11.9 Å². The van der Waals surface area contributed by atoms with E-state index in [4.69, 9.17) is 24.7 Å². The van der Waals surface area contributed by atoms with Crippen molar-refractivity contribution in [1.29, 1.82) is 0 Å². The second-order valence-corrected chi connectivity index (χ2v) is 17.8. The minimum absolute atomic E-state index is 0.107. The Bertz CT molecular complexity index is 1800. The number of carbonyl (C=O) groups excluding carboxylic acids is 1. The van der Waals surface area contributed by atoms with E-state index in [0.717, 1.165) is 0 Å². The molecule has 3 rings (SSSR count). The summed E-state index contributed by atoms with van der Waals surface area (Å²) in [6.07, 6.45) is 6.61. The Kier molecular flexibility index (Phi) is 24.3. The highest BCUT2D eigenvalue weighted by molar-refractivity contribution is 5.71. The van der Waals surface area contributed by atoms with Crippen LogP contribution < -0.4 is 5.73 Å². The third-order valence-corrected chi connectivity index (χ3v) is 12.2. The second kappa shape index (κ2) is 28.5. The first-order chi connectivity index (χ1) is 31.6. The first-order valence-electron chi connectivity index (χ1n) is 22.8. The van der Waals surface area contributed by atoms with E-state index in [-0.39, 0.29) is 31.6 Å². The predicted molar refractivity (Wildman–Crippen MR) is 245 cm³/mol. The number of carboxylic acid groups (broad SMARTS) is 1. The molecule has 2 bridgehead atoms. The Morgan fingerprint density at radius 1 is 0.687 bits per heavy atom. The minimum Gasteiger partial charge on any atom is -0.481 e. The number of fused-ring (bicyclic) bond motifs is 2. The van der Waals surface area contributed by atoms with Gasteiger partial charge in [0.2, 0.25) is 0 Å². The maximum absolute atomic E-state index is 12.6. The van der Waals surface area contributed by atoms with Crippen molar-refractivity contribution >= 4 is 11.9 Å². The molecule has 0 aliphatic carbocycles. The average molecular weight is 948 g/mol. The minimum atomic E-state index is -2.31. The number of carboxylic acids is 1. The summed E-state index contributed by atoms with van der Waals surface area (Å²) >= 11 is 0. The van der Waals surface area contributed by atoms with Gasteiger partial charge in [-0.2, -0.15) is 0 Å². The largest absolute Gasteiger partial charge is 0.481 e. The van der Waals surface area contributed by atoms with Gasteiger partial charge in [0.1, 0.15) is 36.4 Å². The predicted octanol–water partition coefficient (Wildman–Crippen LogP) is 0.715. The standard InChI is InChI=1S/C49H73NO17/c1-29-17-15-13-11-9-7-5-6-8-10-12-14-16-18-36(64-22-21-40-47(60)44(50)46(59)32(4)65-40)26-41-43(48(61)62)39(56)28-49(63,67-41)27-35(53)24-38(55)37(54)20-19-33(51)23-34(52)25-42(57)66-31(3)30(2)45(29)58/h5-18,29-41,43-47,51-56,58-60,63H,19-20,23-28,50H2,1-4H3,(H,61,62)/b6-5+,9-7+,10-8+,13-11+,14-12+,17-15+,18-16+/t29-,30-,31-,32+,33+,34+,35-,36-,37+,38+,39-,40-,41-,43+,44-,45+,46+,47-,49+/m0/s1. The number of nitrogens with two attached hydrogens (primary N) is 1. The summed E-state index contributed by atoms with van der Waals surface area (Å²) in [6.45, 7) is 6.77. The number of allylic oxidation sites excluding steroid dienone is 12. The number of rotatable bonds is 2. The molecule has 3 aliphatic heterocycles. The monoisotopic (exact) mass is 947 g/mol. The molecule has 0 radical (unpaired) electrons. The Balaban J connectivity index is 1.86. The summed E-state index contributed by atoms with van der Waals surface area (Å²) in [5.41, 5.74) is 5.93. The number of carbonyl (C=O) groups is 2. The van der Waals surface area contributed by atoms with E-state index in [1.807, 2.05) is 25.2 Å². The lowest BCUT2D eigenvalue weighted by Crippen LogP contribution is -2.60. The molecular formula is C49H73NO17. The highest BCUT2D eigenvalue weighted by atomic mass is 16.6. The molecule has 0 aromatic heterocycles. The van der Waals surface area contributed by atoms with Crippen molar-refractivity contribution in [2.75, 3.05) is 0 Å². The van der Waals surface area contributed by atoms with Gasteiger partial charge < -0.3 is 80.9 Å². The Morgan fingerprint density at radius 3 is 1.87 bits per heavy atom. The Labute approximate surface area is 392 Å². The van der Waals surface area contributed by atoms with Crippen LogP contribution in [0.15, 0.2) is 85.1 Å². The summed E-state index contributed by atoms with van der Waals surface area (Å²) in [7, 11) is 0. The van der Waals surface area contributed by atoms with Gasteiger partial charge in [-0.3, -0.25) is 9.59 Å². The molecule has 2 fully saturated rings. The van der Waals surface area contributed by atoms with E-state index in [1.165, 1.54) is 6.08 Å². The van der Waals surface area contributed by atoms with Crippen LogP contribution in [0.3, 0.4) is 0 Å². The van der Waals surface area contributed by atoms with E-state index in [9.17, 15) is 65.8 Å². The number of esters is 1. The van der Waals surface area contributed by atoms with Crippen LogP contribution in [0.1, 0.15) is 79.1 Å². The fraction of sp³-hybridized carbons (Fsp3) is 0.633. The van der Waals surface area contributed by atoms with E-state index in [1.54, 1.807) is 81.5 Å². The maximum Gasteiger partial charge on any atom is 0.311 e. The van der Waals surface area contributed by atoms with E-state index < -0.39 is 147 Å². The topological polar surface area (TPSA) is 320 Å². The zero-order chi connectivity index (χ0) is 49.8. The molecule has 67 heavy (non-hydrogen) atoms. The molecule has 0 aromatic rings. The van der Waals surface area contributed by atoms with Gasteiger partial charge in [-0.05, 0) is 45.1 Å². The van der Waals surface area contributed by atoms with Crippen LogP contribution in [0.25, 0.3) is 0 Å². The molecule has 0 amide bonds. The van der Waals surface area contributed by atoms with Crippen LogP contribution in [0.5, 0.6) is 0 Å². The summed E-state index contributed by atoms with van der Waals surface area (Å²) in [6, 6.07) is -1.06. The number of aliphatic carboxylic acids is 1. The number of hydrogen-bond acceptors (Lipinski definition) is 17. The molecule has 2 saturated heterocycles. The summed E-state index contributed by atoms with van der Waals surface area (Å²) in [5.74, 6) is -4.17. The summed E-state index contributed by atoms with van der Waals surface area (Å²) < 4.78 is 22.7. The Hall–Kier alpha value is -4.04. The summed E-state index contributed by atoms with van der Waals surface area (Å²) in [5, 5.41) is 118. The fourth-order valence-corrected chi connectivity index (χ4v) is 8.00. The molecule has 3 aliphatic rings. The number of aliphatic hydroxyl groups is 10. The van der Waals surface area contributed by atoms with Gasteiger partial charge in [0.25, 0.3) is 0 Å². The first-order valence-corrected chi connectivity index (χ1v) is 22.8. The quantitative estimate of drug-likeness (QED) is 0.134. The molecule has 19 atom stereocenters.